The first kappa shape index (κ1) is 28.1. The highest BCUT2D eigenvalue weighted by Gasteiger charge is 2.36. The van der Waals surface area contributed by atoms with Crippen molar-refractivity contribution in [2.45, 2.75) is 51.6 Å². The minimum Gasteiger partial charge on any atom is -0.374 e. The van der Waals surface area contributed by atoms with E-state index in [0.29, 0.717) is 32.1 Å². The molecule has 0 aliphatic carbocycles. The number of rotatable bonds is 15. The molecule has 0 aromatic heterocycles. The Morgan fingerprint density at radius 3 is 2.18 bits per heavy atom. The summed E-state index contributed by atoms with van der Waals surface area (Å²) in [5.74, 6) is 0.398. The Hall–Kier alpha value is -2.18. The average Bonchev–Trinajstić information content (AvgIpc) is 2.85. The van der Waals surface area contributed by atoms with E-state index in [0.717, 1.165) is 23.1 Å². The molecule has 0 spiro atoms. The van der Waals surface area contributed by atoms with Crippen molar-refractivity contribution in [3.05, 3.63) is 83.4 Å². The Labute approximate surface area is 209 Å². The molecule has 0 unspecified atom stereocenters. The summed E-state index contributed by atoms with van der Waals surface area (Å²) in [7, 11) is 3.44. The van der Waals surface area contributed by atoms with E-state index in [1.807, 2.05) is 74.5 Å². The number of amides is 1. The van der Waals surface area contributed by atoms with Crippen LogP contribution in [0.3, 0.4) is 0 Å². The molecule has 186 valence electrons. The van der Waals surface area contributed by atoms with E-state index in [4.69, 9.17) is 25.8 Å². The third-order valence-electron chi connectivity index (χ3n) is 5.72. The van der Waals surface area contributed by atoms with Gasteiger partial charge in [-0.25, -0.2) is 0 Å². The molecule has 34 heavy (non-hydrogen) atoms. The summed E-state index contributed by atoms with van der Waals surface area (Å²) in [4.78, 5) is 13.8. The Morgan fingerprint density at radius 1 is 1.03 bits per heavy atom. The number of nitrogens with zero attached hydrogens (tertiary/aromatic N) is 1. The quantitative estimate of drug-likeness (QED) is 0.242. The number of likely N-dealkylation sites (N-methyl/N-ethyl adjacent to an activating group) is 1. The maximum absolute atomic E-state index is 12.3. The lowest BCUT2D eigenvalue weighted by Gasteiger charge is -2.37. The lowest BCUT2D eigenvalue weighted by atomic mass is 9.92. The van der Waals surface area contributed by atoms with Crippen molar-refractivity contribution in [2.75, 3.05) is 33.2 Å². The maximum atomic E-state index is 12.3. The Kier molecular flexibility index (Phi) is 12.3. The predicted octanol–water partition coefficient (Wildman–Crippen LogP) is 5.62. The van der Waals surface area contributed by atoms with E-state index in [2.05, 4.69) is 6.08 Å². The summed E-state index contributed by atoms with van der Waals surface area (Å²) in [6.45, 7) is 5.22. The normalized spacial score (nSPS) is 14.4. The number of alkyl halides is 1. The summed E-state index contributed by atoms with van der Waals surface area (Å²) >= 11 is 5.96. The molecule has 0 radical (unpaired) electrons. The fourth-order valence-electron chi connectivity index (χ4n) is 3.37. The summed E-state index contributed by atoms with van der Waals surface area (Å²) in [6, 6.07) is 20.1. The molecule has 2 aromatic carbocycles. The third-order valence-corrected chi connectivity index (χ3v) is 6.15. The van der Waals surface area contributed by atoms with Crippen molar-refractivity contribution in [1.82, 2.24) is 4.90 Å². The van der Waals surface area contributed by atoms with Gasteiger partial charge >= 0.3 is 0 Å². The molecule has 0 bridgehead atoms. The highest BCUT2D eigenvalue weighted by atomic mass is 35.5. The highest BCUT2D eigenvalue weighted by Crippen LogP contribution is 2.28. The molecular formula is C28H38ClNO4. The molecule has 0 fully saturated rings. The molecule has 0 N–H and O–H groups in total. The fraction of sp³-hybridized carbons (Fsp3) is 0.464. The van der Waals surface area contributed by atoms with Gasteiger partial charge in [0.25, 0.3) is 0 Å². The van der Waals surface area contributed by atoms with Gasteiger partial charge in [0.2, 0.25) is 5.91 Å². The second-order valence-corrected chi connectivity index (χ2v) is 9.17. The summed E-state index contributed by atoms with van der Waals surface area (Å²) in [5, 5.41) is 0. The van der Waals surface area contributed by atoms with Gasteiger partial charge in [0.15, 0.2) is 0 Å². The number of benzene rings is 2. The second-order valence-electron chi connectivity index (χ2n) is 8.90. The number of hydrogen-bond acceptors (Lipinski definition) is 4. The number of carbonyl (C=O) groups excluding carboxylic acids is 1. The topological polar surface area (TPSA) is 48.0 Å². The molecule has 0 saturated heterocycles. The number of ether oxygens (including phenoxy) is 3. The van der Waals surface area contributed by atoms with Gasteiger partial charge < -0.3 is 19.1 Å². The molecule has 5 nitrogen and oxygen atoms in total. The minimum atomic E-state index is -0.678. The molecule has 0 heterocycles. The largest absolute Gasteiger partial charge is 0.374 e. The molecule has 0 aliphatic heterocycles. The zero-order chi connectivity index (χ0) is 24.8. The standard InChI is InChI=1S/C28H38ClNO4/c1-23(18-29)12-11-17-28(2,34-20-25-15-9-6-10-16-25)26(33-22-27(31)30(3)4)21-32-19-24-13-7-5-8-14-24/h5-10,12-16,26H,11,17-22H2,1-4H3/b23-12+/t26-,28-/m1/s1. The van der Waals surface area contributed by atoms with Crippen LogP contribution in [0.1, 0.15) is 37.8 Å². The van der Waals surface area contributed by atoms with E-state index >= 15 is 0 Å². The van der Waals surface area contributed by atoms with Crippen molar-refractivity contribution in [2.24, 2.45) is 0 Å². The lowest BCUT2D eigenvalue weighted by Crippen LogP contribution is -2.47. The lowest BCUT2D eigenvalue weighted by molar-refractivity contribution is -0.174. The van der Waals surface area contributed by atoms with Crippen molar-refractivity contribution in [3.8, 4) is 0 Å². The Bertz CT molecular complexity index is 872. The molecular weight excluding hydrogens is 450 g/mol. The first-order chi connectivity index (χ1) is 16.3. The second kappa shape index (κ2) is 14.9. The number of carbonyl (C=O) groups is 1. The Balaban J connectivity index is 2.18. The Morgan fingerprint density at radius 2 is 1.62 bits per heavy atom. The first-order valence-corrected chi connectivity index (χ1v) is 12.2. The summed E-state index contributed by atoms with van der Waals surface area (Å²) in [6.07, 6.45) is 3.17. The van der Waals surface area contributed by atoms with Gasteiger partial charge in [0, 0.05) is 20.0 Å². The van der Waals surface area contributed by atoms with E-state index in [9.17, 15) is 4.79 Å². The van der Waals surface area contributed by atoms with Crippen LogP contribution in [-0.4, -0.2) is 55.7 Å². The van der Waals surface area contributed by atoms with Crippen LogP contribution in [0.15, 0.2) is 72.3 Å². The van der Waals surface area contributed by atoms with E-state index in [1.165, 1.54) is 4.90 Å². The summed E-state index contributed by atoms with van der Waals surface area (Å²) < 4.78 is 18.7. The van der Waals surface area contributed by atoms with Gasteiger partial charge in [-0.3, -0.25) is 4.79 Å². The van der Waals surface area contributed by atoms with Crippen molar-refractivity contribution < 1.29 is 19.0 Å². The molecule has 2 atom stereocenters. The fourth-order valence-corrected chi connectivity index (χ4v) is 3.48. The average molecular weight is 488 g/mol. The van der Waals surface area contributed by atoms with Crippen LogP contribution >= 0.6 is 11.6 Å². The molecule has 2 aromatic rings. The zero-order valence-corrected chi connectivity index (χ0v) is 21.6. The number of hydrogen-bond donors (Lipinski definition) is 0. The SMILES string of the molecule is C/C(=C\CC[C@@](C)(OCc1ccccc1)[C@@H](COCc1ccccc1)OCC(=O)N(C)C)CCl. The van der Waals surface area contributed by atoms with Crippen LogP contribution in [0.2, 0.25) is 0 Å². The van der Waals surface area contributed by atoms with Crippen LogP contribution < -0.4 is 0 Å². The third kappa shape index (κ3) is 9.98. The van der Waals surface area contributed by atoms with E-state index in [-0.39, 0.29) is 12.5 Å². The smallest absolute Gasteiger partial charge is 0.248 e. The van der Waals surface area contributed by atoms with Gasteiger partial charge in [-0.1, -0.05) is 72.3 Å². The number of halogens is 1. The van der Waals surface area contributed by atoms with Crippen molar-refractivity contribution >= 4 is 17.5 Å². The number of allylic oxidation sites excluding steroid dienone is 2. The maximum Gasteiger partial charge on any atom is 0.248 e. The van der Waals surface area contributed by atoms with E-state index < -0.39 is 11.7 Å². The van der Waals surface area contributed by atoms with Crippen LogP contribution in [0.5, 0.6) is 0 Å². The van der Waals surface area contributed by atoms with Gasteiger partial charge in [0.1, 0.15) is 12.7 Å². The van der Waals surface area contributed by atoms with Crippen molar-refractivity contribution in [1.29, 1.82) is 0 Å². The molecule has 6 heteroatoms. The van der Waals surface area contributed by atoms with Gasteiger partial charge in [-0.15, -0.1) is 11.6 Å². The van der Waals surface area contributed by atoms with Crippen molar-refractivity contribution in [3.63, 3.8) is 0 Å². The van der Waals surface area contributed by atoms with Crippen LogP contribution in [0, 0.1) is 0 Å². The monoisotopic (exact) mass is 487 g/mol. The van der Waals surface area contributed by atoms with Gasteiger partial charge in [-0.2, -0.15) is 0 Å². The van der Waals surface area contributed by atoms with E-state index in [1.54, 1.807) is 14.1 Å². The minimum absolute atomic E-state index is 0.0345. The molecule has 0 aliphatic rings. The molecule has 0 saturated carbocycles. The predicted molar refractivity (Wildman–Crippen MR) is 138 cm³/mol. The molecule has 2 rings (SSSR count). The molecule has 1 amide bonds. The van der Waals surface area contributed by atoms with Gasteiger partial charge in [-0.05, 0) is 37.8 Å². The first-order valence-electron chi connectivity index (χ1n) is 11.7. The zero-order valence-electron chi connectivity index (χ0n) is 20.8. The summed E-state index contributed by atoms with van der Waals surface area (Å²) in [5.41, 5.74) is 2.60. The highest BCUT2D eigenvalue weighted by molar-refractivity contribution is 6.19. The van der Waals surface area contributed by atoms with Crippen LogP contribution in [-0.2, 0) is 32.2 Å². The van der Waals surface area contributed by atoms with Gasteiger partial charge in [0.05, 0.1) is 25.4 Å². The van der Waals surface area contributed by atoms with Crippen LogP contribution in [0.4, 0.5) is 0 Å². The van der Waals surface area contributed by atoms with Crippen LogP contribution in [0.25, 0.3) is 0 Å².